The predicted molar refractivity (Wildman–Crippen MR) is 90.5 cm³/mol. The molecule has 21 heavy (non-hydrogen) atoms. The van der Waals surface area contributed by atoms with Gasteiger partial charge in [0.1, 0.15) is 0 Å². The topological polar surface area (TPSA) is 50.4 Å². The number of ether oxygens (including phenoxy) is 1. The number of hydrogen-bond donors (Lipinski definition) is 2. The lowest BCUT2D eigenvalue weighted by molar-refractivity contribution is -0.120. The van der Waals surface area contributed by atoms with Gasteiger partial charge in [-0.25, -0.2) is 0 Å². The molecule has 4 nitrogen and oxygen atoms in total. The molecule has 0 aliphatic carbocycles. The minimum atomic E-state index is 0. The average Bonchev–Trinajstić information content (AvgIpc) is 2.86. The molecule has 2 aromatic rings. The molecule has 2 N–H and O–H groups in total. The molecule has 1 heterocycles. The van der Waals surface area contributed by atoms with Gasteiger partial charge in [-0.3, -0.25) is 4.79 Å². The number of hydrogen-bond acceptors (Lipinski definition) is 4. The highest BCUT2D eigenvalue weighted by atomic mass is 35.5. The summed E-state index contributed by atoms with van der Waals surface area (Å²) in [6, 6.07) is 8.19. The molecule has 0 atom stereocenters. The van der Waals surface area contributed by atoms with Crippen LogP contribution in [0, 0.1) is 0 Å². The molecule has 6 heteroatoms. The standard InChI is InChI=1S/C15H20N2O2S.ClH/c1-19-9-8-16-6-7-17-15(18)10-12-11-20-14-5-3-2-4-13(12)14;/h2-5,11,16H,6-10H2,1H3,(H,17,18);1H. The maximum Gasteiger partial charge on any atom is 0.224 e. The van der Waals surface area contributed by atoms with Crippen molar-refractivity contribution in [3.05, 3.63) is 35.2 Å². The number of nitrogens with one attached hydrogen (secondary N) is 2. The SMILES string of the molecule is COCCNCCNC(=O)Cc1csc2ccccc12.Cl. The fourth-order valence-electron chi connectivity index (χ4n) is 1.99. The van der Waals surface area contributed by atoms with E-state index in [9.17, 15) is 4.79 Å². The van der Waals surface area contributed by atoms with Gasteiger partial charge in [-0.05, 0) is 22.4 Å². The van der Waals surface area contributed by atoms with Crippen molar-refractivity contribution in [2.24, 2.45) is 0 Å². The molecule has 0 aliphatic heterocycles. The summed E-state index contributed by atoms with van der Waals surface area (Å²) in [6.45, 7) is 2.90. The first-order valence-corrected chi connectivity index (χ1v) is 7.60. The first-order valence-electron chi connectivity index (χ1n) is 6.72. The largest absolute Gasteiger partial charge is 0.383 e. The van der Waals surface area contributed by atoms with Crippen LogP contribution in [0.5, 0.6) is 0 Å². The van der Waals surface area contributed by atoms with Gasteiger partial charge in [-0.2, -0.15) is 0 Å². The maximum absolute atomic E-state index is 11.9. The number of benzene rings is 1. The zero-order chi connectivity index (χ0) is 14.2. The van der Waals surface area contributed by atoms with Crippen LogP contribution in [0.25, 0.3) is 10.1 Å². The Hall–Kier alpha value is -1.14. The Morgan fingerprint density at radius 2 is 2.05 bits per heavy atom. The highest BCUT2D eigenvalue weighted by Crippen LogP contribution is 2.25. The third-order valence-corrected chi connectivity index (χ3v) is 4.03. The lowest BCUT2D eigenvalue weighted by atomic mass is 10.1. The first kappa shape index (κ1) is 17.9. The number of rotatable bonds is 8. The van der Waals surface area contributed by atoms with E-state index in [4.69, 9.17) is 4.74 Å². The van der Waals surface area contributed by atoms with Crippen molar-refractivity contribution in [2.45, 2.75) is 6.42 Å². The van der Waals surface area contributed by atoms with Gasteiger partial charge >= 0.3 is 0 Å². The van der Waals surface area contributed by atoms with Crippen molar-refractivity contribution < 1.29 is 9.53 Å². The zero-order valence-electron chi connectivity index (χ0n) is 12.1. The molecule has 0 unspecified atom stereocenters. The molecular formula is C15H21ClN2O2S. The molecule has 1 amide bonds. The van der Waals surface area contributed by atoms with Gasteiger partial charge in [0, 0.05) is 31.4 Å². The van der Waals surface area contributed by atoms with E-state index < -0.39 is 0 Å². The van der Waals surface area contributed by atoms with Crippen LogP contribution in [-0.2, 0) is 16.0 Å². The van der Waals surface area contributed by atoms with Crippen LogP contribution in [0.15, 0.2) is 29.6 Å². The van der Waals surface area contributed by atoms with E-state index in [1.54, 1.807) is 18.4 Å². The average molecular weight is 329 g/mol. The quantitative estimate of drug-likeness (QED) is 0.731. The van der Waals surface area contributed by atoms with Crippen LogP contribution in [-0.4, -0.2) is 39.3 Å². The number of thiophene rings is 1. The number of carbonyl (C=O) groups is 1. The second kappa shape index (κ2) is 9.73. The Kier molecular flexibility index (Phi) is 8.30. The zero-order valence-corrected chi connectivity index (χ0v) is 13.7. The molecule has 0 radical (unpaired) electrons. The van der Waals surface area contributed by atoms with E-state index in [1.807, 2.05) is 12.1 Å². The summed E-state index contributed by atoms with van der Waals surface area (Å²) >= 11 is 1.69. The molecule has 2 rings (SSSR count). The summed E-state index contributed by atoms with van der Waals surface area (Å²) in [7, 11) is 1.68. The van der Waals surface area contributed by atoms with Crippen LogP contribution in [0.2, 0.25) is 0 Å². The summed E-state index contributed by atoms with van der Waals surface area (Å²) in [5.41, 5.74) is 1.11. The van der Waals surface area contributed by atoms with Crippen molar-refractivity contribution in [3.8, 4) is 0 Å². The minimum absolute atomic E-state index is 0. The van der Waals surface area contributed by atoms with Crippen LogP contribution < -0.4 is 10.6 Å². The van der Waals surface area contributed by atoms with Gasteiger partial charge in [0.2, 0.25) is 5.91 Å². The van der Waals surface area contributed by atoms with E-state index in [1.165, 1.54) is 10.1 Å². The Morgan fingerprint density at radius 3 is 2.86 bits per heavy atom. The Bertz CT molecular complexity index is 559. The molecule has 0 fully saturated rings. The maximum atomic E-state index is 11.9. The molecule has 1 aromatic heterocycles. The number of halogens is 1. The molecular weight excluding hydrogens is 308 g/mol. The minimum Gasteiger partial charge on any atom is -0.383 e. The smallest absolute Gasteiger partial charge is 0.224 e. The van der Waals surface area contributed by atoms with Crippen molar-refractivity contribution in [3.63, 3.8) is 0 Å². The monoisotopic (exact) mass is 328 g/mol. The van der Waals surface area contributed by atoms with Gasteiger partial charge in [0.25, 0.3) is 0 Å². The van der Waals surface area contributed by atoms with Crippen LogP contribution in [0.3, 0.4) is 0 Å². The second-order valence-electron chi connectivity index (χ2n) is 4.53. The normalized spacial score (nSPS) is 10.3. The van der Waals surface area contributed by atoms with Gasteiger partial charge in [-0.1, -0.05) is 18.2 Å². The number of carbonyl (C=O) groups excluding carboxylic acids is 1. The molecule has 1 aromatic carbocycles. The Labute approximate surface area is 135 Å². The van der Waals surface area contributed by atoms with Crippen molar-refractivity contribution in [1.82, 2.24) is 10.6 Å². The lowest BCUT2D eigenvalue weighted by Gasteiger charge is -2.06. The first-order chi connectivity index (χ1) is 9.81. The van der Waals surface area contributed by atoms with E-state index in [-0.39, 0.29) is 18.3 Å². The molecule has 0 saturated carbocycles. The Morgan fingerprint density at radius 1 is 1.24 bits per heavy atom. The molecule has 0 spiro atoms. The van der Waals surface area contributed by atoms with E-state index >= 15 is 0 Å². The third-order valence-electron chi connectivity index (χ3n) is 3.02. The van der Waals surface area contributed by atoms with E-state index in [2.05, 4.69) is 28.1 Å². The van der Waals surface area contributed by atoms with Crippen molar-refractivity contribution in [2.75, 3.05) is 33.4 Å². The second-order valence-corrected chi connectivity index (χ2v) is 5.44. The summed E-state index contributed by atoms with van der Waals surface area (Å²) in [5, 5.41) is 9.37. The van der Waals surface area contributed by atoms with Gasteiger partial charge in [0.15, 0.2) is 0 Å². The van der Waals surface area contributed by atoms with Crippen molar-refractivity contribution in [1.29, 1.82) is 0 Å². The summed E-state index contributed by atoms with van der Waals surface area (Å²) < 4.78 is 6.16. The molecule has 0 saturated heterocycles. The van der Waals surface area contributed by atoms with Gasteiger partial charge in [0.05, 0.1) is 13.0 Å². The molecule has 116 valence electrons. The predicted octanol–water partition coefficient (Wildman–Crippen LogP) is 2.22. The Balaban J connectivity index is 0.00000220. The molecule has 0 aliphatic rings. The van der Waals surface area contributed by atoms with Gasteiger partial charge < -0.3 is 15.4 Å². The summed E-state index contributed by atoms with van der Waals surface area (Å²) in [4.78, 5) is 11.9. The number of amides is 1. The number of methoxy groups -OCH3 is 1. The summed E-state index contributed by atoms with van der Waals surface area (Å²) in [5.74, 6) is 0.0714. The fraction of sp³-hybridized carbons (Fsp3) is 0.400. The van der Waals surface area contributed by atoms with E-state index in [0.717, 1.165) is 18.7 Å². The van der Waals surface area contributed by atoms with Crippen LogP contribution >= 0.6 is 23.7 Å². The van der Waals surface area contributed by atoms with Crippen LogP contribution in [0.4, 0.5) is 0 Å². The van der Waals surface area contributed by atoms with Gasteiger partial charge in [-0.15, -0.1) is 23.7 Å². The summed E-state index contributed by atoms with van der Waals surface area (Å²) in [6.07, 6.45) is 0.447. The lowest BCUT2D eigenvalue weighted by Crippen LogP contribution is -2.33. The third kappa shape index (κ3) is 5.63. The highest BCUT2D eigenvalue weighted by molar-refractivity contribution is 7.17. The number of fused-ring (bicyclic) bond motifs is 1. The van der Waals surface area contributed by atoms with Crippen LogP contribution in [0.1, 0.15) is 5.56 Å². The fourth-order valence-corrected chi connectivity index (χ4v) is 2.96. The van der Waals surface area contributed by atoms with Crippen molar-refractivity contribution >= 4 is 39.7 Å². The molecule has 0 bridgehead atoms. The highest BCUT2D eigenvalue weighted by Gasteiger charge is 2.07. The van der Waals surface area contributed by atoms with E-state index in [0.29, 0.717) is 19.6 Å².